The van der Waals surface area contributed by atoms with Gasteiger partial charge in [0, 0.05) is 5.39 Å². The average molecular weight is 260 g/mol. The number of carbonyl (C=O) groups excluding carboxylic acids is 1. The highest BCUT2D eigenvalue weighted by atomic mass is 16.5. The summed E-state index contributed by atoms with van der Waals surface area (Å²) in [5.74, 6) is -0.0000383. The van der Waals surface area contributed by atoms with E-state index in [1.807, 2.05) is 30.3 Å². The molecular formula is C14H16N2O3. The number of aliphatic hydroxyl groups is 1. The Bertz CT molecular complexity index is 584. The summed E-state index contributed by atoms with van der Waals surface area (Å²) >= 11 is 0. The molecule has 0 saturated heterocycles. The van der Waals surface area contributed by atoms with Crippen LogP contribution in [0.4, 0.5) is 5.82 Å². The van der Waals surface area contributed by atoms with E-state index >= 15 is 0 Å². The van der Waals surface area contributed by atoms with Crippen LogP contribution >= 0.6 is 0 Å². The van der Waals surface area contributed by atoms with Gasteiger partial charge in [0.25, 0.3) is 0 Å². The second kappa shape index (κ2) is 5.67. The molecule has 2 unspecified atom stereocenters. The van der Waals surface area contributed by atoms with Gasteiger partial charge >= 0.3 is 5.97 Å². The first-order valence-corrected chi connectivity index (χ1v) is 6.00. The number of para-hydroxylation sites is 1. The van der Waals surface area contributed by atoms with Crippen molar-refractivity contribution in [1.82, 2.24) is 4.98 Å². The van der Waals surface area contributed by atoms with E-state index in [0.29, 0.717) is 5.82 Å². The van der Waals surface area contributed by atoms with E-state index in [4.69, 9.17) is 0 Å². The minimum absolute atomic E-state index is 0.523. The molecule has 2 atom stereocenters. The van der Waals surface area contributed by atoms with Crippen LogP contribution in [0.25, 0.3) is 10.9 Å². The number of methoxy groups -OCH3 is 1. The molecule has 0 radical (unpaired) electrons. The molecule has 100 valence electrons. The molecule has 0 saturated carbocycles. The minimum atomic E-state index is -0.874. The van der Waals surface area contributed by atoms with Gasteiger partial charge in [-0.3, -0.25) is 0 Å². The Kier molecular flexibility index (Phi) is 3.97. The molecule has 1 aromatic carbocycles. The Morgan fingerprint density at radius 2 is 2.05 bits per heavy atom. The van der Waals surface area contributed by atoms with Crippen molar-refractivity contribution in [2.45, 2.75) is 19.1 Å². The summed E-state index contributed by atoms with van der Waals surface area (Å²) < 4.78 is 4.64. The zero-order chi connectivity index (χ0) is 13.8. The molecule has 0 amide bonds. The van der Waals surface area contributed by atoms with E-state index in [0.717, 1.165) is 10.9 Å². The van der Waals surface area contributed by atoms with Crippen LogP contribution in [0.2, 0.25) is 0 Å². The molecule has 2 aromatic rings. The average Bonchev–Trinajstić information content (AvgIpc) is 2.43. The first-order chi connectivity index (χ1) is 9.11. The number of hydrogen-bond acceptors (Lipinski definition) is 5. The molecule has 2 rings (SSSR count). The molecule has 0 aliphatic carbocycles. The fourth-order valence-corrected chi connectivity index (χ4v) is 1.81. The van der Waals surface area contributed by atoms with Gasteiger partial charge < -0.3 is 15.2 Å². The Hall–Kier alpha value is -2.14. The van der Waals surface area contributed by atoms with Gasteiger partial charge in [0.1, 0.15) is 5.82 Å². The van der Waals surface area contributed by atoms with Crippen molar-refractivity contribution in [1.29, 1.82) is 0 Å². The second-order valence-electron chi connectivity index (χ2n) is 4.27. The van der Waals surface area contributed by atoms with Gasteiger partial charge in [-0.25, -0.2) is 9.78 Å². The lowest BCUT2D eigenvalue weighted by molar-refractivity contribution is -0.143. The SMILES string of the molecule is COC(=O)C(Nc1ccc2ccccc2n1)C(C)O. The van der Waals surface area contributed by atoms with Crippen molar-refractivity contribution in [2.24, 2.45) is 0 Å². The third-order valence-corrected chi connectivity index (χ3v) is 2.84. The number of benzene rings is 1. The normalized spacial score (nSPS) is 13.8. The fraction of sp³-hybridized carbons (Fsp3) is 0.286. The van der Waals surface area contributed by atoms with E-state index in [9.17, 15) is 9.90 Å². The van der Waals surface area contributed by atoms with Crippen molar-refractivity contribution < 1.29 is 14.6 Å². The highest BCUT2D eigenvalue weighted by Crippen LogP contribution is 2.16. The highest BCUT2D eigenvalue weighted by Gasteiger charge is 2.24. The summed E-state index contributed by atoms with van der Waals surface area (Å²) in [7, 11) is 1.28. The fourth-order valence-electron chi connectivity index (χ4n) is 1.81. The number of fused-ring (bicyclic) bond motifs is 1. The van der Waals surface area contributed by atoms with Crippen LogP contribution in [0.1, 0.15) is 6.92 Å². The summed E-state index contributed by atoms with van der Waals surface area (Å²) in [6.45, 7) is 1.52. The summed E-state index contributed by atoms with van der Waals surface area (Å²) in [5.41, 5.74) is 0.821. The lowest BCUT2D eigenvalue weighted by atomic mass is 10.1. The number of nitrogens with zero attached hydrogens (tertiary/aromatic N) is 1. The Labute approximate surface area is 111 Å². The molecule has 5 heteroatoms. The zero-order valence-corrected chi connectivity index (χ0v) is 10.8. The van der Waals surface area contributed by atoms with Gasteiger partial charge in [-0.2, -0.15) is 0 Å². The highest BCUT2D eigenvalue weighted by molar-refractivity contribution is 5.82. The number of esters is 1. The molecule has 1 aromatic heterocycles. The molecular weight excluding hydrogens is 244 g/mol. The predicted molar refractivity (Wildman–Crippen MR) is 72.9 cm³/mol. The van der Waals surface area contributed by atoms with Crippen molar-refractivity contribution in [3.63, 3.8) is 0 Å². The molecule has 0 bridgehead atoms. The van der Waals surface area contributed by atoms with Crippen molar-refractivity contribution >= 4 is 22.7 Å². The maximum atomic E-state index is 11.5. The van der Waals surface area contributed by atoms with E-state index in [-0.39, 0.29) is 0 Å². The maximum Gasteiger partial charge on any atom is 0.331 e. The van der Waals surface area contributed by atoms with Crippen molar-refractivity contribution in [3.05, 3.63) is 36.4 Å². The third kappa shape index (κ3) is 3.00. The van der Waals surface area contributed by atoms with Gasteiger partial charge in [0.15, 0.2) is 6.04 Å². The molecule has 2 N–H and O–H groups in total. The summed E-state index contributed by atoms with van der Waals surface area (Å²) in [5, 5.41) is 13.5. The largest absolute Gasteiger partial charge is 0.467 e. The molecule has 5 nitrogen and oxygen atoms in total. The van der Waals surface area contributed by atoms with Gasteiger partial charge in [-0.1, -0.05) is 18.2 Å². The van der Waals surface area contributed by atoms with E-state index in [1.165, 1.54) is 14.0 Å². The number of ether oxygens (including phenoxy) is 1. The maximum absolute atomic E-state index is 11.5. The van der Waals surface area contributed by atoms with Crippen LogP contribution in [-0.2, 0) is 9.53 Å². The number of aliphatic hydroxyl groups excluding tert-OH is 1. The summed E-state index contributed by atoms with van der Waals surface area (Å²) in [6, 6.07) is 10.5. The first kappa shape index (κ1) is 13.3. The molecule has 1 heterocycles. The van der Waals surface area contributed by atoms with Crippen LogP contribution < -0.4 is 5.32 Å². The molecule has 19 heavy (non-hydrogen) atoms. The topological polar surface area (TPSA) is 71.5 Å². The van der Waals surface area contributed by atoms with Crippen LogP contribution in [0.15, 0.2) is 36.4 Å². The third-order valence-electron chi connectivity index (χ3n) is 2.84. The van der Waals surface area contributed by atoms with Gasteiger partial charge in [0.2, 0.25) is 0 Å². The monoisotopic (exact) mass is 260 g/mol. The van der Waals surface area contributed by atoms with E-state index in [1.54, 1.807) is 6.07 Å². The standard InChI is InChI=1S/C14H16N2O3/c1-9(17)13(14(18)19-2)16-12-8-7-10-5-3-4-6-11(10)15-12/h3-9,13,17H,1-2H3,(H,15,16). The number of rotatable bonds is 4. The van der Waals surface area contributed by atoms with Crippen molar-refractivity contribution in [2.75, 3.05) is 12.4 Å². The number of aromatic nitrogens is 1. The Morgan fingerprint density at radius 1 is 1.32 bits per heavy atom. The molecule has 0 aliphatic rings. The first-order valence-electron chi connectivity index (χ1n) is 6.00. The second-order valence-corrected chi connectivity index (χ2v) is 4.27. The Morgan fingerprint density at radius 3 is 2.74 bits per heavy atom. The molecule has 0 fully saturated rings. The number of carbonyl (C=O) groups is 1. The Balaban J connectivity index is 2.26. The zero-order valence-electron chi connectivity index (χ0n) is 10.8. The lowest BCUT2D eigenvalue weighted by Gasteiger charge is -2.19. The smallest absolute Gasteiger partial charge is 0.331 e. The summed E-state index contributed by atoms with van der Waals surface area (Å²) in [6.07, 6.45) is -0.874. The van der Waals surface area contributed by atoms with E-state index in [2.05, 4.69) is 15.0 Å². The van der Waals surface area contributed by atoms with Crippen molar-refractivity contribution in [3.8, 4) is 0 Å². The lowest BCUT2D eigenvalue weighted by Crippen LogP contribution is -2.40. The van der Waals surface area contributed by atoms with Crippen LogP contribution in [0.3, 0.4) is 0 Å². The minimum Gasteiger partial charge on any atom is -0.467 e. The quantitative estimate of drug-likeness (QED) is 0.816. The van der Waals surface area contributed by atoms with Gasteiger partial charge in [-0.05, 0) is 25.1 Å². The van der Waals surface area contributed by atoms with E-state index < -0.39 is 18.1 Å². The van der Waals surface area contributed by atoms with Crippen LogP contribution in [0, 0.1) is 0 Å². The molecule has 0 aliphatic heterocycles. The predicted octanol–water partition coefficient (Wildman–Crippen LogP) is 1.57. The number of anilines is 1. The number of nitrogens with one attached hydrogen (secondary N) is 1. The van der Waals surface area contributed by atoms with Crippen LogP contribution in [-0.4, -0.2) is 35.3 Å². The number of pyridine rings is 1. The molecule has 0 spiro atoms. The van der Waals surface area contributed by atoms with Gasteiger partial charge in [-0.15, -0.1) is 0 Å². The van der Waals surface area contributed by atoms with Crippen LogP contribution in [0.5, 0.6) is 0 Å². The number of hydrogen-bond donors (Lipinski definition) is 2. The summed E-state index contributed by atoms with van der Waals surface area (Å²) in [4.78, 5) is 15.9. The van der Waals surface area contributed by atoms with Gasteiger partial charge in [0.05, 0.1) is 18.7 Å².